The predicted octanol–water partition coefficient (Wildman–Crippen LogP) is 0.425. The van der Waals surface area contributed by atoms with Gasteiger partial charge in [-0.25, -0.2) is 8.96 Å². The molecule has 5 rings (SSSR count). The van der Waals surface area contributed by atoms with Gasteiger partial charge >= 0.3 is 10.2 Å². The van der Waals surface area contributed by atoms with E-state index in [4.69, 9.17) is 11.1 Å². The molecular weight excluding hydrogens is 528 g/mol. The molecule has 0 aliphatic carbocycles. The Kier molecular flexibility index (Phi) is 6.98. The molecule has 0 radical (unpaired) electrons. The molecule has 12 nitrogen and oxygen atoms in total. The summed E-state index contributed by atoms with van der Waals surface area (Å²) in [6, 6.07) is 4.40. The lowest BCUT2D eigenvalue weighted by Gasteiger charge is -2.40. The molecular formula is C24H30N8O4S2. The molecule has 1 fully saturated rings. The van der Waals surface area contributed by atoms with Crippen molar-refractivity contribution in [3.63, 3.8) is 0 Å². The van der Waals surface area contributed by atoms with Gasteiger partial charge in [-0.05, 0) is 13.1 Å². The van der Waals surface area contributed by atoms with E-state index in [1.54, 1.807) is 23.1 Å². The molecule has 2 aliphatic rings. The highest BCUT2D eigenvalue weighted by molar-refractivity contribution is 7.87. The van der Waals surface area contributed by atoms with Gasteiger partial charge in [-0.2, -0.15) is 12.7 Å². The molecule has 3 aromatic rings. The second kappa shape index (κ2) is 10.1. The summed E-state index contributed by atoms with van der Waals surface area (Å²) in [6.07, 6.45) is 3.75. The zero-order valence-electron chi connectivity index (χ0n) is 21.2. The van der Waals surface area contributed by atoms with Crippen LogP contribution in [0.25, 0.3) is 10.8 Å². The second-order valence-electron chi connectivity index (χ2n) is 9.62. The van der Waals surface area contributed by atoms with Gasteiger partial charge in [0.2, 0.25) is 5.91 Å². The lowest BCUT2D eigenvalue weighted by atomic mass is 10.1. The molecule has 202 valence electrons. The second-order valence-corrected chi connectivity index (χ2v) is 12.5. The van der Waals surface area contributed by atoms with Crippen molar-refractivity contribution in [3.05, 3.63) is 51.7 Å². The summed E-state index contributed by atoms with van der Waals surface area (Å²) in [4.78, 5) is 35.3. The van der Waals surface area contributed by atoms with E-state index >= 15 is 0 Å². The maximum atomic E-state index is 13.6. The summed E-state index contributed by atoms with van der Waals surface area (Å²) >= 11 is 1.37. The molecule has 2 aliphatic heterocycles. The summed E-state index contributed by atoms with van der Waals surface area (Å²) in [7, 11) is -0.439. The van der Waals surface area contributed by atoms with Crippen LogP contribution in [0.4, 0.5) is 0 Å². The van der Waals surface area contributed by atoms with E-state index in [1.807, 2.05) is 7.05 Å². The first kappa shape index (κ1) is 26.3. The van der Waals surface area contributed by atoms with Gasteiger partial charge in [-0.15, -0.1) is 11.3 Å². The van der Waals surface area contributed by atoms with Gasteiger partial charge in [-0.1, -0.05) is 12.1 Å². The Hall–Kier alpha value is -3.33. The number of carbonyl (C=O) groups excluding carboxylic acids is 2. The molecule has 0 saturated carbocycles. The molecule has 2 aromatic heterocycles. The molecule has 1 saturated heterocycles. The van der Waals surface area contributed by atoms with E-state index in [0.29, 0.717) is 21.3 Å². The van der Waals surface area contributed by atoms with Crippen molar-refractivity contribution in [1.29, 1.82) is 5.41 Å². The first-order valence-corrected chi connectivity index (χ1v) is 14.4. The topological polar surface area (TPSA) is 158 Å². The Labute approximate surface area is 224 Å². The van der Waals surface area contributed by atoms with Gasteiger partial charge in [0.25, 0.3) is 5.91 Å². The van der Waals surface area contributed by atoms with Gasteiger partial charge in [0, 0.05) is 86.2 Å². The number of piperazine rings is 1. The third kappa shape index (κ3) is 4.91. The number of fused-ring (bicyclic) bond motifs is 2. The van der Waals surface area contributed by atoms with Crippen LogP contribution in [0, 0.1) is 5.41 Å². The number of rotatable bonds is 6. The third-order valence-electron chi connectivity index (χ3n) is 7.03. The van der Waals surface area contributed by atoms with Crippen LogP contribution >= 0.6 is 11.3 Å². The van der Waals surface area contributed by atoms with E-state index in [9.17, 15) is 18.0 Å². The number of nitrogens with one attached hydrogen (secondary N) is 2. The lowest BCUT2D eigenvalue weighted by Crippen LogP contribution is -2.58. The highest BCUT2D eigenvalue weighted by Gasteiger charge is 2.38. The highest BCUT2D eigenvalue weighted by atomic mass is 32.2. The van der Waals surface area contributed by atoms with E-state index in [2.05, 4.69) is 15.2 Å². The fourth-order valence-corrected chi connectivity index (χ4v) is 7.46. The molecule has 1 unspecified atom stereocenters. The number of benzene rings is 1. The average Bonchev–Trinajstić information content (AvgIpc) is 3.52. The van der Waals surface area contributed by atoms with Gasteiger partial charge in [0.05, 0.1) is 11.7 Å². The summed E-state index contributed by atoms with van der Waals surface area (Å²) in [5, 5.41) is 11.9. The summed E-state index contributed by atoms with van der Waals surface area (Å²) < 4.78 is 29.6. The van der Waals surface area contributed by atoms with Crippen LogP contribution in [-0.4, -0.2) is 95.4 Å². The Morgan fingerprint density at radius 1 is 1.21 bits per heavy atom. The number of thiazole rings is 1. The van der Waals surface area contributed by atoms with Crippen molar-refractivity contribution in [2.45, 2.75) is 25.4 Å². The Bertz CT molecular complexity index is 1530. The van der Waals surface area contributed by atoms with Gasteiger partial charge in [0.15, 0.2) is 5.01 Å². The van der Waals surface area contributed by atoms with Crippen LogP contribution < -0.4 is 11.1 Å². The maximum Gasteiger partial charge on any atom is 0.307 e. The van der Waals surface area contributed by atoms with Crippen LogP contribution in [0.3, 0.4) is 0 Å². The molecule has 14 heteroatoms. The molecule has 4 heterocycles. The highest BCUT2D eigenvalue weighted by Crippen LogP contribution is 2.28. The van der Waals surface area contributed by atoms with E-state index in [-0.39, 0.29) is 43.7 Å². The van der Waals surface area contributed by atoms with Crippen LogP contribution in [0.5, 0.6) is 0 Å². The predicted molar refractivity (Wildman–Crippen MR) is 145 cm³/mol. The summed E-state index contributed by atoms with van der Waals surface area (Å²) in [5.41, 5.74) is 7.01. The normalized spacial score (nSPS) is 18.9. The minimum Gasteiger partial charge on any atom is -0.384 e. The van der Waals surface area contributed by atoms with E-state index < -0.39 is 16.3 Å². The van der Waals surface area contributed by atoms with Crippen molar-refractivity contribution in [2.24, 2.45) is 5.73 Å². The number of amides is 2. The van der Waals surface area contributed by atoms with Crippen LogP contribution in [-0.2, 0) is 28.0 Å². The molecule has 1 aromatic carbocycles. The van der Waals surface area contributed by atoms with Crippen molar-refractivity contribution < 1.29 is 18.0 Å². The fourth-order valence-electron chi connectivity index (χ4n) is 4.88. The zero-order chi connectivity index (χ0) is 27.2. The van der Waals surface area contributed by atoms with Gasteiger partial charge < -0.3 is 20.9 Å². The third-order valence-corrected chi connectivity index (χ3v) is 9.83. The standard InChI is InChI=1S/C24H30N8O4S2/c1-27-21(33)10-18-13-30(38(35,36)31-11-16-4-3-15(22(25)26)9-17(16)12-31)7-8-32(18)24(34)23-28-19-5-6-29(2)14-20(19)37-23/h3-4,9,11-12,18H,5-8,10,13-14H2,1-2H3,(H3,25,26)(H,27,33). The van der Waals surface area contributed by atoms with Crippen LogP contribution in [0.2, 0.25) is 0 Å². The molecule has 38 heavy (non-hydrogen) atoms. The number of amidine groups is 1. The maximum absolute atomic E-state index is 13.6. The van der Waals surface area contributed by atoms with E-state index in [0.717, 1.165) is 34.1 Å². The number of nitrogens with two attached hydrogens (primary N) is 1. The number of likely N-dealkylation sites (N-methyl/N-ethyl adjacent to an activating group) is 1. The number of nitrogens with zero attached hydrogens (tertiary/aromatic N) is 5. The number of hydrogen-bond donors (Lipinski definition) is 3. The first-order chi connectivity index (χ1) is 18.1. The van der Waals surface area contributed by atoms with Crippen LogP contribution in [0.15, 0.2) is 30.6 Å². The molecule has 0 spiro atoms. The Balaban J connectivity index is 1.40. The lowest BCUT2D eigenvalue weighted by molar-refractivity contribution is -0.121. The average molecular weight is 559 g/mol. The number of hydrogen-bond acceptors (Lipinski definition) is 8. The van der Waals surface area contributed by atoms with Gasteiger partial charge in [0.1, 0.15) is 5.84 Å². The van der Waals surface area contributed by atoms with Gasteiger partial charge in [-0.3, -0.25) is 15.0 Å². The van der Waals surface area contributed by atoms with Crippen molar-refractivity contribution >= 4 is 50.0 Å². The monoisotopic (exact) mass is 558 g/mol. The molecule has 1 atom stereocenters. The molecule has 2 amide bonds. The largest absolute Gasteiger partial charge is 0.384 e. The summed E-state index contributed by atoms with van der Waals surface area (Å²) in [6.45, 7) is 1.82. The van der Waals surface area contributed by atoms with E-state index in [1.165, 1.54) is 35.1 Å². The minimum absolute atomic E-state index is 0.0253. The van der Waals surface area contributed by atoms with Crippen molar-refractivity contribution in [3.8, 4) is 0 Å². The first-order valence-electron chi connectivity index (χ1n) is 12.2. The Morgan fingerprint density at radius 2 is 1.97 bits per heavy atom. The fraction of sp³-hybridized carbons (Fsp3) is 0.417. The van der Waals surface area contributed by atoms with Crippen molar-refractivity contribution in [2.75, 3.05) is 40.3 Å². The Morgan fingerprint density at radius 3 is 2.71 bits per heavy atom. The number of carbonyl (C=O) groups is 2. The SMILES string of the molecule is CNC(=O)CC1CN(S(=O)(=O)n2cc3ccc(C(=N)N)cc3c2)CCN1C(=O)c1nc2c(s1)CN(C)CC2. The number of nitrogen functional groups attached to an aromatic ring is 1. The molecule has 0 bridgehead atoms. The number of aromatic nitrogens is 2. The van der Waals surface area contributed by atoms with Crippen LogP contribution in [0.1, 0.15) is 32.4 Å². The minimum atomic E-state index is -3.98. The quantitative estimate of drug-likeness (QED) is 0.292. The molecule has 4 N–H and O–H groups in total. The smallest absolute Gasteiger partial charge is 0.307 e. The zero-order valence-corrected chi connectivity index (χ0v) is 22.8. The van der Waals surface area contributed by atoms with Crippen molar-refractivity contribution in [1.82, 2.24) is 28.4 Å². The summed E-state index contributed by atoms with van der Waals surface area (Å²) in [5.74, 6) is -0.662.